The van der Waals surface area contributed by atoms with Gasteiger partial charge in [-0.05, 0) is 39.3 Å². The van der Waals surface area contributed by atoms with Gasteiger partial charge in [0.05, 0.1) is 11.5 Å². The summed E-state index contributed by atoms with van der Waals surface area (Å²) in [6.07, 6.45) is 7.46. The van der Waals surface area contributed by atoms with Crippen molar-refractivity contribution in [3.05, 3.63) is 70.5 Å². The van der Waals surface area contributed by atoms with Crippen LogP contribution in [0, 0.1) is 5.92 Å². The topological polar surface area (TPSA) is 141 Å². The molecule has 0 saturated carbocycles. The monoisotopic (exact) mass is 444 g/mol. The van der Waals surface area contributed by atoms with Crippen molar-refractivity contribution < 1.29 is 39.5 Å². The van der Waals surface area contributed by atoms with Crippen LogP contribution in [-0.4, -0.2) is 49.7 Å². The van der Waals surface area contributed by atoms with E-state index >= 15 is 0 Å². The van der Waals surface area contributed by atoms with E-state index in [0.29, 0.717) is 12.8 Å². The fourth-order valence-corrected chi connectivity index (χ4v) is 3.86. The van der Waals surface area contributed by atoms with Gasteiger partial charge in [-0.3, -0.25) is 9.59 Å². The first-order valence-electron chi connectivity index (χ1n) is 10.2. The second kappa shape index (κ2) is 9.82. The molecule has 3 atom stereocenters. The normalized spacial score (nSPS) is 28.5. The number of ether oxygens (including phenoxy) is 1. The van der Waals surface area contributed by atoms with Crippen molar-refractivity contribution in [3.63, 3.8) is 0 Å². The van der Waals surface area contributed by atoms with Crippen molar-refractivity contribution >= 4 is 17.5 Å². The molecular weight excluding hydrogens is 416 g/mol. The summed E-state index contributed by atoms with van der Waals surface area (Å²) in [5.74, 6) is -4.93. The molecule has 0 spiro atoms. The summed E-state index contributed by atoms with van der Waals surface area (Å²) in [7, 11) is 0. The Morgan fingerprint density at radius 2 is 1.84 bits per heavy atom. The maximum absolute atomic E-state index is 13.2. The van der Waals surface area contributed by atoms with E-state index in [1.807, 2.05) is 6.92 Å². The molecule has 0 aromatic carbocycles. The molecule has 2 rings (SSSR count). The summed E-state index contributed by atoms with van der Waals surface area (Å²) in [6.45, 7) is 6.11. The van der Waals surface area contributed by atoms with Gasteiger partial charge in [-0.25, -0.2) is 4.79 Å². The Morgan fingerprint density at radius 1 is 1.19 bits per heavy atom. The zero-order valence-electron chi connectivity index (χ0n) is 18.5. The summed E-state index contributed by atoms with van der Waals surface area (Å²) in [5, 5.41) is 41.5. The molecule has 8 nitrogen and oxygen atoms in total. The highest BCUT2D eigenvalue weighted by molar-refractivity contribution is 6.08. The van der Waals surface area contributed by atoms with Gasteiger partial charge in [0.2, 0.25) is 5.78 Å². The average molecular weight is 444 g/mol. The number of hydrogen-bond acceptors (Lipinski definition) is 7. The quantitative estimate of drug-likeness (QED) is 0.266. The molecule has 32 heavy (non-hydrogen) atoms. The van der Waals surface area contributed by atoms with Crippen molar-refractivity contribution in [3.8, 4) is 0 Å². The van der Waals surface area contributed by atoms with Gasteiger partial charge in [0.25, 0.3) is 0 Å². The van der Waals surface area contributed by atoms with Gasteiger partial charge in [0.1, 0.15) is 22.9 Å². The molecule has 0 aromatic rings. The lowest BCUT2D eigenvalue weighted by Crippen LogP contribution is -2.54. The third-order valence-corrected chi connectivity index (χ3v) is 5.43. The molecule has 3 unspecified atom stereocenters. The van der Waals surface area contributed by atoms with E-state index in [2.05, 4.69) is 0 Å². The molecule has 0 fully saturated rings. The van der Waals surface area contributed by atoms with Gasteiger partial charge in [0, 0.05) is 23.6 Å². The van der Waals surface area contributed by atoms with Crippen molar-refractivity contribution in [2.75, 3.05) is 0 Å². The third kappa shape index (κ3) is 4.60. The molecule has 1 aliphatic heterocycles. The predicted molar refractivity (Wildman–Crippen MR) is 117 cm³/mol. The molecule has 0 radical (unpaired) electrons. The number of aliphatic hydroxyl groups is 3. The molecule has 8 heteroatoms. The van der Waals surface area contributed by atoms with Gasteiger partial charge in [-0.15, -0.1) is 0 Å². The fraction of sp³-hybridized carbons (Fsp3) is 0.375. The Kier molecular flexibility index (Phi) is 7.64. The largest absolute Gasteiger partial charge is 0.508 e. The van der Waals surface area contributed by atoms with Crippen LogP contribution in [0.3, 0.4) is 0 Å². The zero-order chi connectivity index (χ0) is 24.2. The first-order chi connectivity index (χ1) is 15.0. The van der Waals surface area contributed by atoms with Crippen LogP contribution >= 0.6 is 0 Å². The van der Waals surface area contributed by atoms with Gasteiger partial charge < -0.3 is 25.2 Å². The van der Waals surface area contributed by atoms with Gasteiger partial charge in [0.15, 0.2) is 11.9 Å². The highest BCUT2D eigenvalue weighted by Crippen LogP contribution is 2.45. The van der Waals surface area contributed by atoms with Gasteiger partial charge >= 0.3 is 5.97 Å². The van der Waals surface area contributed by atoms with Crippen LogP contribution in [0.4, 0.5) is 0 Å². The maximum Gasteiger partial charge on any atom is 0.328 e. The van der Waals surface area contributed by atoms with Gasteiger partial charge in [-0.1, -0.05) is 25.2 Å². The summed E-state index contributed by atoms with van der Waals surface area (Å²) in [4.78, 5) is 37.0. The number of Topliss-reactive ketones (excluding diaryl/α,β-unsaturated/α-hetero) is 2. The van der Waals surface area contributed by atoms with Crippen molar-refractivity contribution in [2.45, 2.75) is 52.2 Å². The molecule has 2 aliphatic rings. The van der Waals surface area contributed by atoms with Crippen LogP contribution in [0.1, 0.15) is 40.5 Å². The smallest absolute Gasteiger partial charge is 0.328 e. The number of rotatable bonds is 7. The van der Waals surface area contributed by atoms with Crippen LogP contribution in [0.15, 0.2) is 70.5 Å². The summed E-state index contributed by atoms with van der Waals surface area (Å²) in [6, 6.07) is 0. The Hall–Kier alpha value is -3.39. The molecule has 0 bridgehead atoms. The fourth-order valence-electron chi connectivity index (χ4n) is 3.86. The second-order valence-electron chi connectivity index (χ2n) is 7.77. The van der Waals surface area contributed by atoms with E-state index in [-0.39, 0.29) is 22.5 Å². The third-order valence-electron chi connectivity index (χ3n) is 5.43. The second-order valence-corrected chi connectivity index (χ2v) is 7.77. The Balaban J connectivity index is 2.69. The maximum atomic E-state index is 13.2. The Labute approximate surface area is 186 Å². The molecule has 1 heterocycles. The zero-order valence-corrected chi connectivity index (χ0v) is 18.5. The molecule has 1 aliphatic carbocycles. The van der Waals surface area contributed by atoms with E-state index < -0.39 is 46.7 Å². The molecule has 172 valence electrons. The minimum Gasteiger partial charge on any atom is -0.508 e. The number of carboxylic acids is 1. The van der Waals surface area contributed by atoms with Crippen LogP contribution in [0.2, 0.25) is 0 Å². The van der Waals surface area contributed by atoms with E-state index in [0.717, 1.165) is 12.2 Å². The molecule has 4 N–H and O–H groups in total. The Morgan fingerprint density at radius 3 is 2.41 bits per heavy atom. The molecule has 0 amide bonds. The molecule has 0 saturated heterocycles. The number of aliphatic carboxylic acids is 1. The first kappa shape index (κ1) is 24.9. The highest BCUT2D eigenvalue weighted by Gasteiger charge is 2.56. The summed E-state index contributed by atoms with van der Waals surface area (Å²) >= 11 is 0. The number of ketones is 2. The van der Waals surface area contributed by atoms with Crippen LogP contribution in [-0.2, 0) is 19.1 Å². The van der Waals surface area contributed by atoms with Crippen LogP contribution < -0.4 is 0 Å². The number of carbonyl (C=O) groups excluding carboxylic acids is 2. The van der Waals surface area contributed by atoms with E-state index in [9.17, 15) is 29.7 Å². The number of carboxylic acid groups (broad SMARTS) is 1. The first-order valence-corrected chi connectivity index (χ1v) is 10.2. The summed E-state index contributed by atoms with van der Waals surface area (Å²) < 4.78 is 5.83. The number of allylic oxidation sites excluding steroid dienone is 7. The molecular formula is C24H28O8. The SMILES string of the molecule is CC=CC=CC(O)=C1C(O)=C(C)C(=O)C(C)(O)C1C1OC(CCC)=C(C=CC(=O)O)C1=O. The predicted octanol–water partition coefficient (Wildman–Crippen LogP) is 3.38. The number of hydrogen-bond donors (Lipinski definition) is 4. The van der Waals surface area contributed by atoms with E-state index in [4.69, 9.17) is 9.84 Å². The van der Waals surface area contributed by atoms with E-state index in [1.54, 1.807) is 19.1 Å². The minimum atomic E-state index is -2.18. The van der Waals surface area contributed by atoms with Crippen molar-refractivity contribution in [1.29, 1.82) is 0 Å². The highest BCUT2D eigenvalue weighted by atomic mass is 16.5. The standard InChI is InChI=1S/C24H28O8/c1-5-7-8-10-15(25)18-19(24(4,31)23(30)13(3)20(18)28)22-21(29)14(11-12-17(26)27)16(32-22)9-6-2/h5,7-8,10-12,19,22,25,28,31H,6,9H2,1-4H3,(H,26,27). The molecule has 0 aromatic heterocycles. The number of aliphatic hydroxyl groups excluding tert-OH is 2. The Bertz CT molecular complexity index is 1000. The summed E-state index contributed by atoms with van der Waals surface area (Å²) in [5.41, 5.74) is -2.54. The van der Waals surface area contributed by atoms with Crippen molar-refractivity contribution in [2.24, 2.45) is 5.92 Å². The lowest BCUT2D eigenvalue weighted by atomic mass is 9.68. The lowest BCUT2D eigenvalue weighted by Gasteiger charge is -2.40. The van der Waals surface area contributed by atoms with Gasteiger partial charge in [-0.2, -0.15) is 0 Å². The van der Waals surface area contributed by atoms with Crippen LogP contribution in [0.25, 0.3) is 0 Å². The lowest BCUT2D eigenvalue weighted by molar-refractivity contribution is -0.145. The van der Waals surface area contributed by atoms with E-state index in [1.165, 1.54) is 26.0 Å². The number of carbonyl (C=O) groups is 3. The minimum absolute atomic E-state index is 0.0107. The average Bonchev–Trinajstić information content (AvgIpc) is 3.02. The van der Waals surface area contributed by atoms with Crippen LogP contribution in [0.5, 0.6) is 0 Å². The van der Waals surface area contributed by atoms with Crippen molar-refractivity contribution in [1.82, 2.24) is 0 Å².